The second-order valence-electron chi connectivity index (χ2n) is 9.25. The molecule has 0 bridgehead atoms. The van der Waals surface area contributed by atoms with Gasteiger partial charge in [-0.05, 0) is 60.2 Å². The zero-order valence-corrected chi connectivity index (χ0v) is 24.7. The molecule has 0 aliphatic heterocycles. The molecule has 13 heteroatoms. The van der Waals surface area contributed by atoms with Crippen LogP contribution < -0.4 is 10.3 Å². The first kappa shape index (κ1) is 28.7. The Labute approximate surface area is 262 Å². The number of furan rings is 1. The Balaban J connectivity index is 1.41. The van der Waals surface area contributed by atoms with Crippen LogP contribution in [-0.4, -0.2) is 20.8 Å². The normalized spacial score (nSPS) is 11.5. The SMILES string of the molecule is O=c1c2ccccc2nc(-c2cc3cc(Cl)ccc3o2)n1N=Cc1cc(Cl)c(OCc2ccc(Cl)c(Cl)c2)c([N+](=O)[O-])c1. The Morgan fingerprint density at radius 2 is 1.77 bits per heavy atom. The van der Waals surface area contributed by atoms with Gasteiger partial charge in [0.15, 0.2) is 5.76 Å². The van der Waals surface area contributed by atoms with Crippen LogP contribution in [0, 0.1) is 10.1 Å². The third-order valence-electron chi connectivity index (χ3n) is 6.39. The van der Waals surface area contributed by atoms with E-state index in [-0.39, 0.29) is 34.5 Å². The zero-order valence-electron chi connectivity index (χ0n) is 21.6. The van der Waals surface area contributed by atoms with Crippen molar-refractivity contribution in [3.63, 3.8) is 0 Å². The van der Waals surface area contributed by atoms with Crippen LogP contribution in [0.15, 0.2) is 93.2 Å². The molecule has 0 fully saturated rings. The minimum atomic E-state index is -0.623. The number of para-hydroxylation sites is 1. The Morgan fingerprint density at radius 1 is 0.953 bits per heavy atom. The molecular formula is C30H16Cl4N4O5. The number of ether oxygens (including phenoxy) is 1. The number of nitro groups is 1. The van der Waals surface area contributed by atoms with E-state index < -0.39 is 16.2 Å². The summed E-state index contributed by atoms with van der Waals surface area (Å²) in [6, 6.07) is 21.2. The monoisotopic (exact) mass is 652 g/mol. The summed E-state index contributed by atoms with van der Waals surface area (Å²) in [6.45, 7) is -0.0465. The van der Waals surface area contributed by atoms with Crippen molar-refractivity contribution in [2.75, 3.05) is 0 Å². The number of halogens is 4. The maximum atomic E-state index is 13.5. The molecular weight excluding hydrogens is 638 g/mol. The maximum absolute atomic E-state index is 13.5. The Bertz CT molecular complexity index is 2160. The first-order valence-corrected chi connectivity index (χ1v) is 14.0. The van der Waals surface area contributed by atoms with Crippen LogP contribution in [0.4, 0.5) is 5.69 Å². The lowest BCUT2D eigenvalue weighted by Crippen LogP contribution is -2.20. The Kier molecular flexibility index (Phi) is 7.81. The molecule has 0 N–H and O–H groups in total. The van der Waals surface area contributed by atoms with Crippen LogP contribution >= 0.6 is 46.4 Å². The summed E-state index contributed by atoms with van der Waals surface area (Å²) in [6.07, 6.45) is 1.27. The van der Waals surface area contributed by atoms with Crippen LogP contribution in [0.2, 0.25) is 20.1 Å². The van der Waals surface area contributed by atoms with E-state index in [0.717, 1.165) is 4.68 Å². The first-order chi connectivity index (χ1) is 20.7. The van der Waals surface area contributed by atoms with Crippen molar-refractivity contribution in [1.29, 1.82) is 0 Å². The molecule has 0 radical (unpaired) electrons. The molecule has 9 nitrogen and oxygen atoms in total. The molecule has 43 heavy (non-hydrogen) atoms. The van der Waals surface area contributed by atoms with Crippen molar-refractivity contribution >= 4 is 80.2 Å². The molecule has 0 unspecified atom stereocenters. The lowest BCUT2D eigenvalue weighted by molar-refractivity contribution is -0.385. The van der Waals surface area contributed by atoms with Gasteiger partial charge in [0.25, 0.3) is 5.56 Å². The molecule has 6 aromatic rings. The number of benzene rings is 4. The minimum absolute atomic E-state index is 0.0333. The van der Waals surface area contributed by atoms with Crippen molar-refractivity contribution in [2.45, 2.75) is 6.61 Å². The predicted octanol–water partition coefficient (Wildman–Crippen LogP) is 8.79. The molecule has 0 aliphatic rings. The molecule has 6 rings (SSSR count). The molecule has 214 valence electrons. The fourth-order valence-corrected chi connectivity index (χ4v) is 5.15. The third kappa shape index (κ3) is 5.80. The summed E-state index contributed by atoms with van der Waals surface area (Å²) >= 11 is 24.6. The maximum Gasteiger partial charge on any atom is 0.313 e. The van der Waals surface area contributed by atoms with E-state index in [2.05, 4.69) is 10.1 Å². The van der Waals surface area contributed by atoms with E-state index in [0.29, 0.717) is 42.5 Å². The largest absolute Gasteiger partial charge is 0.481 e. The van der Waals surface area contributed by atoms with Crippen molar-refractivity contribution in [3.05, 3.63) is 131 Å². The smallest absolute Gasteiger partial charge is 0.313 e. The van der Waals surface area contributed by atoms with Crippen molar-refractivity contribution < 1.29 is 14.1 Å². The van der Waals surface area contributed by atoms with E-state index in [1.54, 1.807) is 66.7 Å². The number of rotatable bonds is 7. The topological polar surface area (TPSA) is 113 Å². The molecule has 0 spiro atoms. The number of aromatic nitrogens is 2. The summed E-state index contributed by atoms with van der Waals surface area (Å²) < 4.78 is 12.7. The van der Waals surface area contributed by atoms with E-state index in [1.165, 1.54) is 18.3 Å². The summed E-state index contributed by atoms with van der Waals surface area (Å²) in [5.41, 5.74) is 0.977. The van der Waals surface area contributed by atoms with E-state index in [9.17, 15) is 14.9 Å². The summed E-state index contributed by atoms with van der Waals surface area (Å²) in [4.78, 5) is 29.5. The average molecular weight is 654 g/mol. The number of nitro benzene ring substituents is 1. The molecule has 2 aromatic heterocycles. The summed E-state index contributed by atoms with van der Waals surface area (Å²) in [7, 11) is 0. The lowest BCUT2D eigenvalue weighted by Gasteiger charge is -2.10. The van der Waals surface area contributed by atoms with E-state index in [1.807, 2.05) is 0 Å². The van der Waals surface area contributed by atoms with Crippen LogP contribution in [0.3, 0.4) is 0 Å². The molecule has 2 heterocycles. The highest BCUT2D eigenvalue weighted by Crippen LogP contribution is 2.37. The van der Waals surface area contributed by atoms with Crippen LogP contribution in [0.1, 0.15) is 11.1 Å². The van der Waals surface area contributed by atoms with Crippen molar-refractivity contribution in [3.8, 4) is 17.3 Å². The number of nitrogens with zero attached hydrogens (tertiary/aromatic N) is 4. The minimum Gasteiger partial charge on any atom is -0.481 e. The van der Waals surface area contributed by atoms with Crippen LogP contribution in [0.25, 0.3) is 33.5 Å². The second kappa shape index (κ2) is 11.7. The van der Waals surface area contributed by atoms with Gasteiger partial charge in [0.1, 0.15) is 12.2 Å². The van der Waals surface area contributed by atoms with Gasteiger partial charge in [-0.1, -0.05) is 64.6 Å². The standard InChI is InChI=1S/C30H16Cl4N4O5/c31-19-6-8-26-18(12-19)13-27(43-26)29-36-24-4-2-1-3-20(24)30(39)37(29)35-14-17-10-23(34)28(25(11-17)38(40)41)42-15-16-5-7-21(32)22(33)9-16/h1-14H,15H2. The average Bonchev–Trinajstić information content (AvgIpc) is 3.40. The van der Waals surface area contributed by atoms with E-state index in [4.69, 9.17) is 55.6 Å². The van der Waals surface area contributed by atoms with Gasteiger partial charge in [-0.15, -0.1) is 0 Å². The zero-order chi connectivity index (χ0) is 30.2. The van der Waals surface area contributed by atoms with Gasteiger partial charge < -0.3 is 9.15 Å². The number of hydrogen-bond acceptors (Lipinski definition) is 7. The van der Waals surface area contributed by atoms with Gasteiger partial charge in [0, 0.05) is 22.0 Å². The third-order valence-corrected chi connectivity index (χ3v) is 7.64. The number of fused-ring (bicyclic) bond motifs is 2. The fraction of sp³-hybridized carbons (Fsp3) is 0.0333. The highest BCUT2D eigenvalue weighted by Gasteiger charge is 2.21. The molecule has 0 atom stereocenters. The van der Waals surface area contributed by atoms with Gasteiger partial charge in [0.2, 0.25) is 11.6 Å². The predicted molar refractivity (Wildman–Crippen MR) is 168 cm³/mol. The van der Waals surface area contributed by atoms with Crippen molar-refractivity contribution in [1.82, 2.24) is 9.66 Å². The molecule has 0 amide bonds. The fourth-order valence-electron chi connectivity index (χ4n) is 4.38. The molecule has 4 aromatic carbocycles. The van der Waals surface area contributed by atoms with Crippen LogP contribution in [-0.2, 0) is 6.61 Å². The van der Waals surface area contributed by atoms with Gasteiger partial charge in [0.05, 0.1) is 37.1 Å². The highest BCUT2D eigenvalue weighted by molar-refractivity contribution is 6.42. The van der Waals surface area contributed by atoms with Crippen LogP contribution in [0.5, 0.6) is 5.75 Å². The van der Waals surface area contributed by atoms with E-state index >= 15 is 0 Å². The highest BCUT2D eigenvalue weighted by atomic mass is 35.5. The molecule has 0 aliphatic carbocycles. The lowest BCUT2D eigenvalue weighted by atomic mass is 10.2. The Hall–Kier alpha value is -4.41. The number of hydrogen-bond donors (Lipinski definition) is 0. The summed E-state index contributed by atoms with van der Waals surface area (Å²) in [5.74, 6) is 0.253. The molecule has 0 saturated heterocycles. The second-order valence-corrected chi connectivity index (χ2v) is 10.9. The first-order valence-electron chi connectivity index (χ1n) is 12.5. The quantitative estimate of drug-likeness (QED) is 0.0966. The summed E-state index contributed by atoms with van der Waals surface area (Å²) in [5, 5.41) is 18.5. The van der Waals surface area contributed by atoms with Gasteiger partial charge in [-0.3, -0.25) is 14.9 Å². The molecule has 0 saturated carbocycles. The Morgan fingerprint density at radius 3 is 2.56 bits per heavy atom. The van der Waals surface area contributed by atoms with Gasteiger partial charge in [-0.25, -0.2) is 4.98 Å². The van der Waals surface area contributed by atoms with Crippen molar-refractivity contribution in [2.24, 2.45) is 5.10 Å². The van der Waals surface area contributed by atoms with Gasteiger partial charge >= 0.3 is 5.69 Å². The van der Waals surface area contributed by atoms with Gasteiger partial charge in [-0.2, -0.15) is 9.78 Å².